The van der Waals surface area contributed by atoms with Crippen molar-refractivity contribution in [1.82, 2.24) is 25.5 Å². The van der Waals surface area contributed by atoms with Gasteiger partial charge in [0, 0.05) is 19.1 Å². The largest absolute Gasteiger partial charge is 0.374 e. The smallest absolute Gasteiger partial charge is 0.176 e. The predicted octanol–water partition coefficient (Wildman–Crippen LogP) is 1.33. The SMILES string of the molecule is CCOC1(C(Cc2nnn(C)n2)NC)CCCC(C)C1. The molecule has 1 fully saturated rings. The van der Waals surface area contributed by atoms with E-state index in [4.69, 9.17) is 4.74 Å². The summed E-state index contributed by atoms with van der Waals surface area (Å²) < 4.78 is 6.23. The number of hydrogen-bond donors (Lipinski definition) is 1. The molecule has 6 heteroatoms. The summed E-state index contributed by atoms with van der Waals surface area (Å²) in [5.41, 5.74) is -0.0969. The van der Waals surface area contributed by atoms with E-state index in [0.29, 0.717) is 5.92 Å². The van der Waals surface area contributed by atoms with Crippen LogP contribution in [-0.2, 0) is 18.2 Å². The number of rotatable bonds is 6. The van der Waals surface area contributed by atoms with Gasteiger partial charge in [0.25, 0.3) is 0 Å². The highest BCUT2D eigenvalue weighted by molar-refractivity contribution is 5.00. The van der Waals surface area contributed by atoms with E-state index < -0.39 is 0 Å². The lowest BCUT2D eigenvalue weighted by Gasteiger charge is -2.45. The molecule has 6 nitrogen and oxygen atoms in total. The molecule has 20 heavy (non-hydrogen) atoms. The van der Waals surface area contributed by atoms with Crippen LogP contribution >= 0.6 is 0 Å². The summed E-state index contributed by atoms with van der Waals surface area (Å²) in [5.74, 6) is 1.49. The zero-order chi connectivity index (χ0) is 14.6. The van der Waals surface area contributed by atoms with Crippen molar-refractivity contribution < 1.29 is 4.74 Å². The highest BCUT2D eigenvalue weighted by Gasteiger charge is 2.42. The Bertz CT molecular complexity index is 417. The molecule has 1 aromatic heterocycles. The minimum atomic E-state index is -0.0969. The van der Waals surface area contributed by atoms with Crippen molar-refractivity contribution in [3.05, 3.63) is 5.82 Å². The Morgan fingerprint density at radius 1 is 1.55 bits per heavy atom. The van der Waals surface area contributed by atoms with E-state index in [1.807, 2.05) is 7.05 Å². The Labute approximate surface area is 121 Å². The molecule has 0 amide bonds. The van der Waals surface area contributed by atoms with E-state index in [1.165, 1.54) is 17.6 Å². The quantitative estimate of drug-likeness (QED) is 0.852. The van der Waals surface area contributed by atoms with Crippen molar-refractivity contribution in [3.63, 3.8) is 0 Å². The average molecular weight is 281 g/mol. The highest BCUT2D eigenvalue weighted by Crippen LogP contribution is 2.38. The summed E-state index contributed by atoms with van der Waals surface area (Å²) in [4.78, 5) is 1.51. The topological polar surface area (TPSA) is 64.9 Å². The van der Waals surface area contributed by atoms with Gasteiger partial charge in [0.1, 0.15) is 0 Å². The van der Waals surface area contributed by atoms with Crippen LogP contribution in [0, 0.1) is 5.92 Å². The van der Waals surface area contributed by atoms with Crippen molar-refractivity contribution in [2.24, 2.45) is 13.0 Å². The zero-order valence-corrected chi connectivity index (χ0v) is 13.1. The molecule has 1 aliphatic carbocycles. The number of tetrazole rings is 1. The number of nitrogens with zero attached hydrogens (tertiary/aromatic N) is 4. The van der Waals surface area contributed by atoms with Crippen LogP contribution in [0.4, 0.5) is 0 Å². The summed E-state index contributed by atoms with van der Waals surface area (Å²) in [7, 11) is 3.80. The molecule has 2 rings (SSSR count). The molecule has 1 heterocycles. The van der Waals surface area contributed by atoms with Crippen LogP contribution in [0.1, 0.15) is 45.4 Å². The Balaban J connectivity index is 2.15. The van der Waals surface area contributed by atoms with Gasteiger partial charge in [0.2, 0.25) is 0 Å². The van der Waals surface area contributed by atoms with Crippen molar-refractivity contribution in [1.29, 1.82) is 0 Å². The Morgan fingerprint density at radius 3 is 2.90 bits per heavy atom. The second-order valence-corrected chi connectivity index (χ2v) is 5.94. The van der Waals surface area contributed by atoms with Crippen molar-refractivity contribution in [3.8, 4) is 0 Å². The van der Waals surface area contributed by atoms with E-state index in [2.05, 4.69) is 34.6 Å². The molecule has 0 spiro atoms. The molecular formula is C14H27N5O. The molecule has 0 saturated heterocycles. The third-order valence-corrected chi connectivity index (χ3v) is 4.34. The molecule has 0 aliphatic heterocycles. The van der Waals surface area contributed by atoms with Gasteiger partial charge in [-0.15, -0.1) is 10.2 Å². The van der Waals surface area contributed by atoms with Crippen LogP contribution < -0.4 is 5.32 Å². The fourth-order valence-corrected chi connectivity index (χ4v) is 3.52. The molecule has 3 atom stereocenters. The van der Waals surface area contributed by atoms with Crippen molar-refractivity contribution >= 4 is 0 Å². The first-order valence-corrected chi connectivity index (χ1v) is 7.63. The summed E-state index contributed by atoms with van der Waals surface area (Å²) in [6, 6.07) is 0.231. The lowest BCUT2D eigenvalue weighted by atomic mass is 9.73. The third-order valence-electron chi connectivity index (χ3n) is 4.34. The normalized spacial score (nSPS) is 28.5. The number of hydrogen-bond acceptors (Lipinski definition) is 5. The lowest BCUT2D eigenvalue weighted by molar-refractivity contribution is -0.0991. The summed E-state index contributed by atoms with van der Waals surface area (Å²) in [5, 5.41) is 15.8. The maximum absolute atomic E-state index is 6.23. The first-order chi connectivity index (χ1) is 9.59. The van der Waals surface area contributed by atoms with Crippen LogP contribution in [0.2, 0.25) is 0 Å². The standard InChI is InChI=1S/C14H27N5O/c1-5-20-14(8-6-7-11(2)10-14)12(15-3)9-13-16-18-19(4)17-13/h11-12,15H,5-10H2,1-4H3. The van der Waals surface area contributed by atoms with Gasteiger partial charge in [-0.3, -0.25) is 0 Å². The molecule has 3 unspecified atom stereocenters. The van der Waals surface area contributed by atoms with Gasteiger partial charge < -0.3 is 10.1 Å². The Hall–Kier alpha value is -1.01. The van der Waals surface area contributed by atoms with E-state index in [1.54, 1.807) is 7.05 Å². The Morgan fingerprint density at radius 2 is 2.35 bits per heavy atom. The molecule has 1 aliphatic rings. The van der Waals surface area contributed by atoms with Crippen LogP contribution in [0.5, 0.6) is 0 Å². The average Bonchev–Trinajstić information content (AvgIpc) is 2.82. The number of likely N-dealkylation sites (N-methyl/N-ethyl adjacent to an activating group) is 1. The van der Waals surface area contributed by atoms with E-state index in [0.717, 1.165) is 31.7 Å². The molecule has 1 saturated carbocycles. The fourth-order valence-electron chi connectivity index (χ4n) is 3.52. The fraction of sp³-hybridized carbons (Fsp3) is 0.929. The predicted molar refractivity (Wildman–Crippen MR) is 77.3 cm³/mol. The van der Waals surface area contributed by atoms with Crippen LogP contribution in [0.3, 0.4) is 0 Å². The molecule has 1 aromatic rings. The minimum absolute atomic E-state index is 0.0969. The van der Waals surface area contributed by atoms with E-state index in [-0.39, 0.29) is 11.6 Å². The summed E-state index contributed by atoms with van der Waals surface area (Å²) in [6.07, 6.45) is 5.50. The van der Waals surface area contributed by atoms with Crippen molar-refractivity contribution in [2.75, 3.05) is 13.7 Å². The number of ether oxygens (including phenoxy) is 1. The maximum atomic E-state index is 6.23. The monoisotopic (exact) mass is 281 g/mol. The van der Waals surface area contributed by atoms with Crippen molar-refractivity contribution in [2.45, 2.75) is 57.6 Å². The van der Waals surface area contributed by atoms with Gasteiger partial charge >= 0.3 is 0 Å². The van der Waals surface area contributed by atoms with Gasteiger partial charge in [0.05, 0.1) is 12.6 Å². The van der Waals surface area contributed by atoms with Gasteiger partial charge in [-0.05, 0) is 37.9 Å². The molecule has 1 N–H and O–H groups in total. The molecule has 0 radical (unpaired) electrons. The van der Waals surface area contributed by atoms with Gasteiger partial charge in [-0.25, -0.2) is 0 Å². The van der Waals surface area contributed by atoms with Crippen LogP contribution in [0.25, 0.3) is 0 Å². The maximum Gasteiger partial charge on any atom is 0.176 e. The Kier molecular flexibility index (Phi) is 5.10. The molecule has 114 valence electrons. The second kappa shape index (κ2) is 6.63. The van der Waals surface area contributed by atoms with Crippen LogP contribution in [0.15, 0.2) is 0 Å². The number of aryl methyl sites for hydroxylation is 1. The summed E-state index contributed by atoms with van der Waals surface area (Å²) in [6.45, 7) is 5.15. The lowest BCUT2D eigenvalue weighted by Crippen LogP contribution is -2.55. The molecular weight excluding hydrogens is 254 g/mol. The van der Waals surface area contributed by atoms with Gasteiger partial charge in [-0.2, -0.15) is 4.80 Å². The third kappa shape index (κ3) is 3.35. The molecule has 0 bridgehead atoms. The van der Waals surface area contributed by atoms with Gasteiger partial charge in [0.15, 0.2) is 5.82 Å². The first kappa shape index (κ1) is 15.4. The second-order valence-electron chi connectivity index (χ2n) is 5.94. The van der Waals surface area contributed by atoms with Gasteiger partial charge in [-0.1, -0.05) is 19.8 Å². The minimum Gasteiger partial charge on any atom is -0.374 e. The zero-order valence-electron chi connectivity index (χ0n) is 13.1. The van der Waals surface area contributed by atoms with E-state index in [9.17, 15) is 0 Å². The number of aromatic nitrogens is 4. The first-order valence-electron chi connectivity index (χ1n) is 7.63. The van der Waals surface area contributed by atoms with Crippen LogP contribution in [-0.4, -0.2) is 45.5 Å². The van der Waals surface area contributed by atoms with E-state index >= 15 is 0 Å². The highest BCUT2D eigenvalue weighted by atomic mass is 16.5. The number of nitrogens with one attached hydrogen (secondary N) is 1. The summed E-state index contributed by atoms with van der Waals surface area (Å²) >= 11 is 0. The molecule has 0 aromatic carbocycles.